The number of carbonyl (C=O) groups is 2. The van der Waals surface area contributed by atoms with Crippen LogP contribution in [0.25, 0.3) is 0 Å². The van der Waals surface area contributed by atoms with E-state index in [4.69, 9.17) is 19.3 Å². The summed E-state index contributed by atoms with van der Waals surface area (Å²) in [4.78, 5) is 43.0. The number of hydrogen-bond acceptors (Lipinski definition) is 7. The number of allylic oxidation sites excluding steroid dienone is 7. The van der Waals surface area contributed by atoms with Gasteiger partial charge in [-0.15, -0.1) is 0 Å². The van der Waals surface area contributed by atoms with E-state index >= 15 is 0 Å². The first kappa shape index (κ1) is 55.0. The molecule has 0 heterocycles. The molecular weight excluding hydrogens is 739 g/mol. The van der Waals surface area contributed by atoms with Gasteiger partial charge in [0, 0.05) is 12.8 Å². The molecule has 1 unspecified atom stereocenters. The topological polar surface area (TPSA) is 140 Å². The number of esters is 2. The first-order valence-electron chi connectivity index (χ1n) is 23.0. The number of rotatable bonds is 42. The van der Waals surface area contributed by atoms with Gasteiger partial charge < -0.3 is 24.4 Å². The van der Waals surface area contributed by atoms with Gasteiger partial charge in [0.2, 0.25) is 0 Å². The third-order valence-electron chi connectivity index (χ3n) is 9.92. The molecule has 0 rings (SSSR count). The first-order valence-corrected chi connectivity index (χ1v) is 24.6. The van der Waals surface area contributed by atoms with E-state index in [1.54, 1.807) is 12.2 Å². The fourth-order valence-corrected chi connectivity index (χ4v) is 6.80. The normalized spacial score (nSPS) is 13.4. The Morgan fingerprint density at radius 3 is 1.51 bits per heavy atom. The number of carbonyl (C=O) groups excluding carboxylic acids is 2. The molecule has 9 nitrogen and oxygen atoms in total. The van der Waals surface area contributed by atoms with Crippen LogP contribution in [0, 0.1) is 0 Å². The van der Waals surface area contributed by atoms with Gasteiger partial charge in [0.1, 0.15) is 6.61 Å². The van der Waals surface area contributed by atoms with Crippen LogP contribution in [0.2, 0.25) is 0 Å². The smallest absolute Gasteiger partial charge is 0.462 e. The molecule has 0 aliphatic carbocycles. The number of ether oxygens (including phenoxy) is 2. The quantitative estimate of drug-likeness (QED) is 0.0180. The summed E-state index contributed by atoms with van der Waals surface area (Å²) in [5, 5.41) is 10.2. The van der Waals surface area contributed by atoms with Crippen LogP contribution >= 0.6 is 7.82 Å². The molecule has 0 aromatic rings. The van der Waals surface area contributed by atoms with E-state index in [0.29, 0.717) is 19.3 Å². The number of phosphoric acid groups is 1. The molecule has 57 heavy (non-hydrogen) atoms. The summed E-state index contributed by atoms with van der Waals surface area (Å²) in [6.45, 7) is 3.53. The van der Waals surface area contributed by atoms with Crippen molar-refractivity contribution >= 4 is 19.8 Å². The van der Waals surface area contributed by atoms with Crippen molar-refractivity contribution in [2.75, 3.05) is 13.2 Å². The van der Waals surface area contributed by atoms with E-state index in [9.17, 15) is 19.3 Å². The van der Waals surface area contributed by atoms with E-state index in [1.807, 2.05) is 12.2 Å². The van der Waals surface area contributed by atoms with Gasteiger partial charge >= 0.3 is 19.8 Å². The van der Waals surface area contributed by atoms with Gasteiger partial charge in [-0.05, 0) is 64.2 Å². The van der Waals surface area contributed by atoms with E-state index in [1.165, 1.54) is 135 Å². The average molecular weight is 825 g/mol. The largest absolute Gasteiger partial charge is 0.469 e. The summed E-state index contributed by atoms with van der Waals surface area (Å²) >= 11 is 0. The SMILES string of the molecule is CCCCCCCC/C=C\CCCCCCCCCCCCCC(=O)OC[C@H](COP(=O)(O)O)OC(=O)CCCC(O)/C=C/C=C/C/C=C/CCCCCCCC. The van der Waals surface area contributed by atoms with Crippen molar-refractivity contribution in [3.05, 3.63) is 48.6 Å². The Morgan fingerprint density at radius 1 is 0.544 bits per heavy atom. The zero-order chi connectivity index (χ0) is 41.9. The van der Waals surface area contributed by atoms with Crippen LogP contribution in [-0.4, -0.2) is 52.3 Å². The Kier molecular flexibility index (Phi) is 40.6. The minimum atomic E-state index is -4.81. The van der Waals surface area contributed by atoms with E-state index < -0.39 is 38.6 Å². The Hall–Kier alpha value is -2.03. The minimum Gasteiger partial charge on any atom is -0.462 e. The predicted octanol–water partition coefficient (Wildman–Crippen LogP) is 13.3. The minimum absolute atomic E-state index is 0.0122. The summed E-state index contributed by atoms with van der Waals surface area (Å²) in [6, 6.07) is 0. The molecule has 10 heteroatoms. The maximum Gasteiger partial charge on any atom is 0.469 e. The van der Waals surface area contributed by atoms with Crippen molar-refractivity contribution in [2.45, 2.75) is 225 Å². The lowest BCUT2D eigenvalue weighted by molar-refractivity contribution is -0.161. The Balaban J connectivity index is 4.01. The molecule has 0 aromatic carbocycles. The average Bonchev–Trinajstić information content (AvgIpc) is 3.18. The third kappa shape index (κ3) is 44.9. The zero-order valence-electron chi connectivity index (χ0n) is 36.3. The summed E-state index contributed by atoms with van der Waals surface area (Å²) in [6.07, 6.45) is 48.7. The monoisotopic (exact) mass is 825 g/mol. The van der Waals surface area contributed by atoms with E-state index in [-0.39, 0.29) is 19.4 Å². The Morgan fingerprint density at radius 2 is 1.00 bits per heavy atom. The third-order valence-corrected chi connectivity index (χ3v) is 10.4. The van der Waals surface area contributed by atoms with Crippen molar-refractivity contribution in [1.82, 2.24) is 0 Å². The van der Waals surface area contributed by atoms with E-state index in [2.05, 4.69) is 42.7 Å². The summed E-state index contributed by atoms with van der Waals surface area (Å²) in [5.41, 5.74) is 0. The molecular formula is C47H85O9P. The maximum atomic E-state index is 12.4. The fourth-order valence-electron chi connectivity index (χ4n) is 6.44. The molecule has 2 atom stereocenters. The van der Waals surface area contributed by atoms with Gasteiger partial charge in [0.05, 0.1) is 12.7 Å². The molecule has 0 radical (unpaired) electrons. The van der Waals surface area contributed by atoms with Crippen molar-refractivity contribution in [3.8, 4) is 0 Å². The summed E-state index contributed by atoms with van der Waals surface area (Å²) in [7, 11) is -4.81. The molecule has 0 bridgehead atoms. The fraction of sp³-hybridized carbons (Fsp3) is 0.787. The molecule has 0 aliphatic rings. The molecule has 3 N–H and O–H groups in total. The van der Waals surface area contributed by atoms with Gasteiger partial charge in [0.25, 0.3) is 0 Å². The highest BCUT2D eigenvalue weighted by molar-refractivity contribution is 7.46. The van der Waals surface area contributed by atoms with Crippen molar-refractivity contribution < 1.29 is 43.0 Å². The van der Waals surface area contributed by atoms with Gasteiger partial charge in [0.15, 0.2) is 6.10 Å². The molecule has 0 aliphatic heterocycles. The number of unbranched alkanes of at least 4 members (excludes halogenated alkanes) is 23. The first-order chi connectivity index (χ1) is 27.7. The van der Waals surface area contributed by atoms with Crippen LogP contribution in [0.3, 0.4) is 0 Å². The molecule has 0 saturated heterocycles. The Labute approximate surface area is 348 Å². The van der Waals surface area contributed by atoms with Crippen LogP contribution < -0.4 is 0 Å². The molecule has 0 fully saturated rings. The van der Waals surface area contributed by atoms with Crippen LogP contribution in [-0.2, 0) is 28.2 Å². The van der Waals surface area contributed by atoms with E-state index in [0.717, 1.165) is 32.1 Å². The summed E-state index contributed by atoms with van der Waals surface area (Å²) in [5.74, 6) is -1.08. The molecule has 0 amide bonds. The number of aliphatic hydroxyl groups excluding tert-OH is 1. The van der Waals surface area contributed by atoms with Crippen molar-refractivity contribution in [1.29, 1.82) is 0 Å². The Bertz CT molecular complexity index is 1080. The highest BCUT2D eigenvalue weighted by Crippen LogP contribution is 2.36. The van der Waals surface area contributed by atoms with Gasteiger partial charge in [-0.3, -0.25) is 14.1 Å². The molecule has 0 spiro atoms. The maximum absolute atomic E-state index is 12.4. The lowest BCUT2D eigenvalue weighted by Crippen LogP contribution is -2.29. The second-order valence-corrected chi connectivity index (χ2v) is 16.8. The lowest BCUT2D eigenvalue weighted by atomic mass is 10.0. The molecule has 332 valence electrons. The van der Waals surface area contributed by atoms with Crippen molar-refractivity contribution in [3.63, 3.8) is 0 Å². The van der Waals surface area contributed by atoms with Gasteiger partial charge in [-0.2, -0.15) is 0 Å². The second kappa shape index (κ2) is 42.1. The van der Waals surface area contributed by atoms with Crippen LogP contribution in [0.4, 0.5) is 0 Å². The molecule has 0 aromatic heterocycles. The predicted molar refractivity (Wildman–Crippen MR) is 236 cm³/mol. The van der Waals surface area contributed by atoms with Crippen LogP contribution in [0.15, 0.2) is 48.6 Å². The standard InChI is InChI=1S/C47H85O9P/c1-3-5-7-9-11-13-15-17-18-19-20-21-22-23-24-26-28-30-32-34-36-40-46(49)54-42-45(43-55-57(51,52)53)56-47(50)41-37-39-44(48)38-35-33-31-29-27-25-16-14-12-10-8-6-4-2/h17-18,25,27,31,33,35,38,44-45,48H,3-16,19-24,26,28-30,32,34,36-37,39-43H2,1-2H3,(H2,51,52,53)/b18-17-,27-25+,33-31+,38-35+/t44?,45-/m1/s1. The van der Waals surface area contributed by atoms with Gasteiger partial charge in [-0.1, -0.05) is 184 Å². The number of hydrogen-bond donors (Lipinski definition) is 3. The van der Waals surface area contributed by atoms with Crippen LogP contribution in [0.5, 0.6) is 0 Å². The number of phosphoric ester groups is 1. The summed E-state index contributed by atoms with van der Waals surface area (Å²) < 4.78 is 26.3. The zero-order valence-corrected chi connectivity index (χ0v) is 37.2. The van der Waals surface area contributed by atoms with Crippen molar-refractivity contribution in [2.24, 2.45) is 0 Å². The highest BCUT2D eigenvalue weighted by Gasteiger charge is 2.23. The van der Waals surface area contributed by atoms with Gasteiger partial charge in [-0.25, -0.2) is 4.57 Å². The lowest BCUT2D eigenvalue weighted by Gasteiger charge is -2.18. The number of aliphatic hydroxyl groups is 1. The molecule has 0 saturated carbocycles. The highest BCUT2D eigenvalue weighted by atomic mass is 31.2. The van der Waals surface area contributed by atoms with Crippen LogP contribution in [0.1, 0.15) is 213 Å². The second-order valence-electron chi connectivity index (χ2n) is 15.6.